The Morgan fingerprint density at radius 2 is 2.15 bits per heavy atom. The normalized spacial score (nSPS) is 28.0. The van der Waals surface area contributed by atoms with Crippen LogP contribution in [0.1, 0.15) is 47.8 Å². The van der Waals surface area contributed by atoms with Gasteiger partial charge < -0.3 is 18.9 Å². The van der Waals surface area contributed by atoms with Crippen LogP contribution >= 0.6 is 0 Å². The van der Waals surface area contributed by atoms with E-state index >= 15 is 0 Å². The lowest BCUT2D eigenvalue weighted by molar-refractivity contribution is -0.0478. The number of nitrogens with zero attached hydrogens (tertiary/aromatic N) is 3. The van der Waals surface area contributed by atoms with Gasteiger partial charge in [0, 0.05) is 43.8 Å². The molecule has 2 aliphatic heterocycles. The number of likely N-dealkylation sites (tertiary alicyclic amines) is 1. The second kappa shape index (κ2) is 6.39. The zero-order chi connectivity index (χ0) is 17.5. The molecule has 4 heterocycles. The highest BCUT2D eigenvalue weighted by Crippen LogP contribution is 2.40. The van der Waals surface area contributed by atoms with Crippen LogP contribution in [0.25, 0.3) is 0 Å². The van der Waals surface area contributed by atoms with E-state index in [-0.39, 0.29) is 24.2 Å². The summed E-state index contributed by atoms with van der Waals surface area (Å²) in [6.45, 7) is 1.25. The lowest BCUT2D eigenvalue weighted by atomic mass is 9.95. The summed E-state index contributed by atoms with van der Waals surface area (Å²) < 4.78 is 17.3. The minimum atomic E-state index is -0.135. The van der Waals surface area contributed by atoms with Gasteiger partial charge in [0.25, 0.3) is 5.91 Å². The van der Waals surface area contributed by atoms with Crippen LogP contribution < -0.4 is 4.74 Å². The van der Waals surface area contributed by atoms with E-state index in [1.807, 2.05) is 23.1 Å². The van der Waals surface area contributed by atoms with Crippen LogP contribution in [-0.4, -0.2) is 52.3 Å². The van der Waals surface area contributed by atoms with Crippen molar-refractivity contribution in [3.63, 3.8) is 0 Å². The Morgan fingerprint density at radius 3 is 2.96 bits per heavy atom. The molecule has 2 aromatic rings. The molecule has 3 aliphatic rings. The SMILES string of the molecule is O=C(c1cc(C2CC2)on1)N1CC[C@@H](Oc2ccccn2)[C@H]2OCC[C@@H]21. The lowest BCUT2D eigenvalue weighted by Crippen LogP contribution is -2.56. The monoisotopic (exact) mass is 355 g/mol. The number of amides is 1. The number of aromatic nitrogens is 2. The molecule has 3 fully saturated rings. The number of hydrogen-bond acceptors (Lipinski definition) is 6. The summed E-state index contributed by atoms with van der Waals surface area (Å²) in [7, 11) is 0. The van der Waals surface area contributed by atoms with Gasteiger partial charge in [-0.15, -0.1) is 0 Å². The fourth-order valence-corrected chi connectivity index (χ4v) is 3.93. The molecular weight excluding hydrogens is 334 g/mol. The largest absolute Gasteiger partial charge is 0.471 e. The fourth-order valence-electron chi connectivity index (χ4n) is 3.93. The number of fused-ring (bicyclic) bond motifs is 1. The standard InChI is InChI=1S/C19H21N3O4/c23-19(13-11-16(26-21-13)12-4-5-12)22-9-6-15(18-14(22)7-10-24-18)25-17-3-1-2-8-20-17/h1-3,8,11-12,14-15,18H,4-7,9-10H2/t14-,15+,18-/m0/s1. The molecule has 26 heavy (non-hydrogen) atoms. The first-order valence-electron chi connectivity index (χ1n) is 9.26. The number of carbonyl (C=O) groups is 1. The highest BCUT2D eigenvalue weighted by atomic mass is 16.5. The smallest absolute Gasteiger partial charge is 0.276 e. The molecule has 3 atom stereocenters. The molecule has 0 bridgehead atoms. The van der Waals surface area contributed by atoms with Gasteiger partial charge in [-0.1, -0.05) is 11.2 Å². The van der Waals surface area contributed by atoms with Crippen molar-refractivity contribution in [2.45, 2.75) is 49.9 Å². The van der Waals surface area contributed by atoms with E-state index < -0.39 is 0 Å². The molecular formula is C19H21N3O4. The van der Waals surface area contributed by atoms with Crippen molar-refractivity contribution >= 4 is 5.91 Å². The van der Waals surface area contributed by atoms with Crippen LogP contribution in [0.3, 0.4) is 0 Å². The topological polar surface area (TPSA) is 77.7 Å². The first-order chi connectivity index (χ1) is 12.8. The molecule has 1 aliphatic carbocycles. The van der Waals surface area contributed by atoms with Crippen molar-refractivity contribution in [1.82, 2.24) is 15.0 Å². The van der Waals surface area contributed by atoms with Crippen molar-refractivity contribution < 1.29 is 18.8 Å². The molecule has 0 spiro atoms. The molecule has 7 nitrogen and oxygen atoms in total. The summed E-state index contributed by atoms with van der Waals surface area (Å²) in [4.78, 5) is 19.1. The second-order valence-corrected chi connectivity index (χ2v) is 7.19. The van der Waals surface area contributed by atoms with E-state index in [2.05, 4.69) is 10.1 Å². The lowest BCUT2D eigenvalue weighted by Gasteiger charge is -2.40. The number of pyridine rings is 1. The highest BCUT2D eigenvalue weighted by molar-refractivity contribution is 5.92. The first-order valence-corrected chi connectivity index (χ1v) is 9.26. The van der Waals surface area contributed by atoms with Gasteiger partial charge in [-0.3, -0.25) is 4.79 Å². The van der Waals surface area contributed by atoms with Crippen LogP contribution in [0.15, 0.2) is 35.0 Å². The Balaban J connectivity index is 1.31. The number of ether oxygens (including phenoxy) is 2. The minimum absolute atomic E-state index is 0.00559. The van der Waals surface area contributed by atoms with Crippen molar-refractivity contribution in [3.05, 3.63) is 41.9 Å². The molecule has 2 aromatic heterocycles. The van der Waals surface area contributed by atoms with E-state index in [1.165, 1.54) is 0 Å². The van der Waals surface area contributed by atoms with Gasteiger partial charge in [-0.2, -0.15) is 0 Å². The van der Waals surface area contributed by atoms with Crippen molar-refractivity contribution in [2.24, 2.45) is 0 Å². The summed E-state index contributed by atoms with van der Waals surface area (Å²) in [5, 5.41) is 4.01. The van der Waals surface area contributed by atoms with Crippen molar-refractivity contribution in [1.29, 1.82) is 0 Å². The molecule has 0 unspecified atom stereocenters. The predicted octanol–water partition coefficient (Wildman–Crippen LogP) is 2.40. The molecule has 1 amide bonds. The third-order valence-corrected chi connectivity index (χ3v) is 5.42. The van der Waals surface area contributed by atoms with Crippen LogP contribution in [0.2, 0.25) is 0 Å². The molecule has 0 radical (unpaired) electrons. The van der Waals surface area contributed by atoms with Crippen molar-refractivity contribution in [2.75, 3.05) is 13.2 Å². The predicted molar refractivity (Wildman–Crippen MR) is 90.9 cm³/mol. The minimum Gasteiger partial charge on any atom is -0.471 e. The summed E-state index contributed by atoms with van der Waals surface area (Å²) >= 11 is 0. The number of carbonyl (C=O) groups excluding carboxylic acids is 1. The molecule has 7 heteroatoms. The summed E-state index contributed by atoms with van der Waals surface area (Å²) in [6.07, 6.45) is 5.24. The molecule has 1 saturated carbocycles. The second-order valence-electron chi connectivity index (χ2n) is 7.19. The van der Waals surface area contributed by atoms with Gasteiger partial charge in [0.2, 0.25) is 5.88 Å². The van der Waals surface area contributed by atoms with E-state index in [9.17, 15) is 4.79 Å². The Hall–Kier alpha value is -2.41. The Morgan fingerprint density at radius 1 is 1.23 bits per heavy atom. The maximum absolute atomic E-state index is 13.0. The van der Waals surface area contributed by atoms with Crippen LogP contribution in [0.4, 0.5) is 0 Å². The average molecular weight is 355 g/mol. The third-order valence-electron chi connectivity index (χ3n) is 5.42. The molecule has 136 valence electrons. The first kappa shape index (κ1) is 15.8. The number of piperidine rings is 1. The van der Waals surface area contributed by atoms with Gasteiger partial charge in [0.1, 0.15) is 18.0 Å². The number of rotatable bonds is 4. The van der Waals surface area contributed by atoms with Crippen LogP contribution in [0, 0.1) is 0 Å². The third kappa shape index (κ3) is 2.86. The highest BCUT2D eigenvalue weighted by Gasteiger charge is 2.46. The van der Waals surface area contributed by atoms with Crippen molar-refractivity contribution in [3.8, 4) is 5.88 Å². The van der Waals surface area contributed by atoms with E-state index in [0.29, 0.717) is 37.1 Å². The maximum Gasteiger partial charge on any atom is 0.276 e. The zero-order valence-electron chi connectivity index (χ0n) is 14.4. The molecule has 2 saturated heterocycles. The van der Waals surface area contributed by atoms with E-state index in [4.69, 9.17) is 14.0 Å². The summed E-state index contributed by atoms with van der Waals surface area (Å²) in [5.74, 6) is 1.81. The summed E-state index contributed by atoms with van der Waals surface area (Å²) in [6, 6.07) is 7.41. The van der Waals surface area contributed by atoms with Gasteiger partial charge in [-0.25, -0.2) is 4.98 Å². The van der Waals surface area contributed by atoms with Gasteiger partial charge in [-0.05, 0) is 25.3 Å². The molecule has 0 aromatic carbocycles. The van der Waals surface area contributed by atoms with Crippen LogP contribution in [-0.2, 0) is 4.74 Å². The Labute approximate surface area is 151 Å². The van der Waals surface area contributed by atoms with Gasteiger partial charge in [0.05, 0.1) is 6.04 Å². The van der Waals surface area contributed by atoms with E-state index in [0.717, 1.165) is 25.0 Å². The number of hydrogen-bond donors (Lipinski definition) is 0. The Kier molecular flexibility index (Phi) is 3.89. The maximum atomic E-state index is 13.0. The van der Waals surface area contributed by atoms with Crippen LogP contribution in [0.5, 0.6) is 5.88 Å². The van der Waals surface area contributed by atoms with Gasteiger partial charge >= 0.3 is 0 Å². The van der Waals surface area contributed by atoms with E-state index in [1.54, 1.807) is 12.3 Å². The molecule has 5 rings (SSSR count). The quantitative estimate of drug-likeness (QED) is 0.838. The molecule has 0 N–H and O–H groups in total. The summed E-state index contributed by atoms with van der Waals surface area (Å²) in [5.41, 5.74) is 0.404. The Bertz CT molecular complexity index is 789. The fraction of sp³-hybridized carbons (Fsp3) is 0.526. The average Bonchev–Trinajstić information content (AvgIpc) is 3.20. The zero-order valence-corrected chi connectivity index (χ0v) is 14.4. The van der Waals surface area contributed by atoms with Gasteiger partial charge in [0.15, 0.2) is 5.69 Å².